The summed E-state index contributed by atoms with van der Waals surface area (Å²) in [7, 11) is 4.32. The van der Waals surface area contributed by atoms with Crippen LogP contribution in [0.25, 0.3) is 0 Å². The molecule has 2 heterocycles. The van der Waals surface area contributed by atoms with Crippen LogP contribution >= 0.6 is 23.1 Å². The summed E-state index contributed by atoms with van der Waals surface area (Å²) >= 11 is 2.56. The molecule has 0 saturated heterocycles. The van der Waals surface area contributed by atoms with Gasteiger partial charge in [0.1, 0.15) is 10.6 Å². The minimum Gasteiger partial charge on any atom is -0.493 e. The minimum absolute atomic E-state index is 0.265. The van der Waals surface area contributed by atoms with Gasteiger partial charge in [0.2, 0.25) is 5.91 Å². The Hall–Kier alpha value is -4.23. The van der Waals surface area contributed by atoms with E-state index < -0.39 is 22.9 Å². The highest BCUT2D eigenvalue weighted by Crippen LogP contribution is 2.39. The van der Waals surface area contributed by atoms with Gasteiger partial charge in [-0.05, 0) is 76.1 Å². The summed E-state index contributed by atoms with van der Waals surface area (Å²) in [5.74, 6) is -0.231. The van der Waals surface area contributed by atoms with Crippen molar-refractivity contribution in [2.45, 2.75) is 56.4 Å². The summed E-state index contributed by atoms with van der Waals surface area (Å²) < 4.78 is 21.1. The van der Waals surface area contributed by atoms with Gasteiger partial charge in [-0.25, -0.2) is 9.59 Å². The van der Waals surface area contributed by atoms with E-state index in [-0.39, 0.29) is 18.4 Å². The van der Waals surface area contributed by atoms with Gasteiger partial charge in [0.25, 0.3) is 5.91 Å². The molecule has 0 bridgehead atoms. The van der Waals surface area contributed by atoms with E-state index in [1.807, 2.05) is 6.07 Å². The molecule has 0 aliphatic carbocycles. The number of hydrogen-bond acceptors (Lipinski definition) is 10. The molecule has 0 saturated carbocycles. The first kappa shape index (κ1) is 33.7. The van der Waals surface area contributed by atoms with Crippen molar-refractivity contribution in [2.24, 2.45) is 0 Å². The van der Waals surface area contributed by atoms with Gasteiger partial charge in [-0.1, -0.05) is 6.07 Å². The van der Waals surface area contributed by atoms with Crippen molar-refractivity contribution in [3.8, 4) is 11.5 Å². The van der Waals surface area contributed by atoms with Gasteiger partial charge >= 0.3 is 12.1 Å². The van der Waals surface area contributed by atoms with Gasteiger partial charge in [-0.3, -0.25) is 9.59 Å². The van der Waals surface area contributed by atoms with Gasteiger partial charge in [0, 0.05) is 27.6 Å². The van der Waals surface area contributed by atoms with Crippen molar-refractivity contribution >= 4 is 57.7 Å². The molecule has 1 unspecified atom stereocenters. The lowest BCUT2D eigenvalue weighted by Gasteiger charge is -2.30. The lowest BCUT2D eigenvalue weighted by atomic mass is 10.0. The van der Waals surface area contributed by atoms with Crippen molar-refractivity contribution in [3.63, 3.8) is 0 Å². The number of hydrogen-bond donors (Lipinski definition) is 2. The maximum absolute atomic E-state index is 13.3. The average Bonchev–Trinajstić information content (AvgIpc) is 3.36. The van der Waals surface area contributed by atoms with Gasteiger partial charge in [-0.2, -0.15) is 0 Å². The number of rotatable bonds is 9. The number of nitrogens with zero attached hydrogens (tertiary/aromatic N) is 1. The number of amides is 3. The molecule has 2 N–H and O–H groups in total. The summed E-state index contributed by atoms with van der Waals surface area (Å²) in [6, 6.07) is 12.1. The molecular weight excluding hydrogens is 618 g/mol. The lowest BCUT2D eigenvalue weighted by molar-refractivity contribution is -0.115. The molecule has 3 amide bonds. The third-order valence-corrected chi connectivity index (χ3v) is 8.98. The number of ether oxygens (including phenoxy) is 4. The number of benzene rings is 2. The van der Waals surface area contributed by atoms with Crippen LogP contribution in [0.3, 0.4) is 0 Å². The van der Waals surface area contributed by atoms with Crippen LogP contribution in [-0.2, 0) is 27.2 Å². The summed E-state index contributed by atoms with van der Waals surface area (Å²) in [5, 5.41) is 5.61. The smallest absolute Gasteiger partial charge is 0.410 e. The molecule has 3 aromatic rings. The zero-order chi connectivity index (χ0) is 32.9. The topological polar surface area (TPSA) is 132 Å². The van der Waals surface area contributed by atoms with Gasteiger partial charge in [0.15, 0.2) is 11.5 Å². The number of thiophene rings is 1. The molecule has 11 nitrogen and oxygen atoms in total. The van der Waals surface area contributed by atoms with Crippen LogP contribution in [0, 0.1) is 0 Å². The zero-order valence-corrected chi connectivity index (χ0v) is 27.9. The van der Waals surface area contributed by atoms with Crippen LogP contribution in [0.4, 0.5) is 15.5 Å². The SMILES string of the molecule is COC(=O)c1c(NC(=O)C(C)Sc2cccc(NC(=O)c3ccc(OC)c(OC)c3)c2)sc2c1CCN(C(=O)OC(C)(C)C)C2. The number of thioether (sulfide) groups is 1. The Bertz CT molecular complexity index is 1600. The summed E-state index contributed by atoms with van der Waals surface area (Å²) in [6.07, 6.45) is -0.00348. The maximum atomic E-state index is 13.3. The van der Waals surface area contributed by atoms with E-state index in [0.29, 0.717) is 46.3 Å². The average molecular weight is 656 g/mol. The summed E-state index contributed by atoms with van der Waals surface area (Å²) in [5.41, 5.74) is 1.40. The number of anilines is 2. The molecular formula is C32H37N3O8S2. The second kappa shape index (κ2) is 14.2. The van der Waals surface area contributed by atoms with E-state index in [1.54, 1.807) is 69.0 Å². The van der Waals surface area contributed by atoms with E-state index in [2.05, 4.69) is 10.6 Å². The minimum atomic E-state index is -0.632. The van der Waals surface area contributed by atoms with Crippen LogP contribution in [0.5, 0.6) is 11.5 Å². The van der Waals surface area contributed by atoms with Crippen LogP contribution < -0.4 is 20.1 Å². The molecule has 1 atom stereocenters. The maximum Gasteiger partial charge on any atom is 0.410 e. The zero-order valence-electron chi connectivity index (χ0n) is 26.3. The number of carbonyl (C=O) groups excluding carboxylic acids is 4. The Balaban J connectivity index is 1.44. The van der Waals surface area contributed by atoms with Crippen molar-refractivity contribution in [3.05, 3.63) is 64.0 Å². The van der Waals surface area contributed by atoms with Crippen LogP contribution in [0.1, 0.15) is 58.9 Å². The van der Waals surface area contributed by atoms with Crippen LogP contribution in [0.2, 0.25) is 0 Å². The Kier molecular flexibility index (Phi) is 10.7. The fourth-order valence-electron chi connectivity index (χ4n) is 4.59. The number of fused-ring (bicyclic) bond motifs is 1. The first-order valence-corrected chi connectivity index (χ1v) is 15.8. The van der Waals surface area contributed by atoms with Crippen LogP contribution in [0.15, 0.2) is 47.4 Å². The molecule has 4 rings (SSSR count). The van der Waals surface area contributed by atoms with E-state index >= 15 is 0 Å². The Morgan fingerprint density at radius 1 is 0.978 bits per heavy atom. The van der Waals surface area contributed by atoms with E-state index in [4.69, 9.17) is 18.9 Å². The monoisotopic (exact) mass is 655 g/mol. The number of esters is 1. The second-order valence-electron chi connectivity index (χ2n) is 11.2. The quantitative estimate of drug-likeness (QED) is 0.204. The number of nitrogens with one attached hydrogen (secondary N) is 2. The van der Waals surface area contributed by atoms with Gasteiger partial charge in [-0.15, -0.1) is 23.1 Å². The summed E-state index contributed by atoms with van der Waals surface area (Å²) in [4.78, 5) is 54.8. The molecule has 240 valence electrons. The predicted octanol–water partition coefficient (Wildman–Crippen LogP) is 6.22. The largest absolute Gasteiger partial charge is 0.493 e. The normalized spacial score (nSPS) is 13.3. The fraction of sp³-hybridized carbons (Fsp3) is 0.375. The highest BCUT2D eigenvalue weighted by molar-refractivity contribution is 8.00. The molecule has 1 aliphatic rings. The molecule has 0 spiro atoms. The molecule has 0 radical (unpaired) electrons. The first-order chi connectivity index (χ1) is 21.3. The first-order valence-electron chi connectivity index (χ1n) is 14.1. The molecule has 2 aromatic carbocycles. The molecule has 13 heteroatoms. The van der Waals surface area contributed by atoms with Crippen molar-refractivity contribution in [2.75, 3.05) is 38.5 Å². The van der Waals surface area contributed by atoms with Gasteiger partial charge < -0.3 is 34.5 Å². The third kappa shape index (κ3) is 8.28. The van der Waals surface area contributed by atoms with E-state index in [0.717, 1.165) is 15.3 Å². The highest BCUT2D eigenvalue weighted by Gasteiger charge is 2.33. The Morgan fingerprint density at radius 3 is 2.38 bits per heavy atom. The number of carbonyl (C=O) groups is 4. The standard InChI is InChI=1S/C32H37N3O8S2/c1-18(44-21-10-8-9-20(16-21)33-28(37)19-11-12-23(40-5)24(15-19)41-6)27(36)34-29-26(30(38)42-7)22-13-14-35(17-25(22)45-29)31(39)43-32(2,3)4/h8-12,15-16,18H,13-14,17H2,1-7H3,(H,33,37)(H,34,36). The fourth-order valence-corrected chi connectivity index (χ4v) is 6.77. The third-order valence-electron chi connectivity index (χ3n) is 6.75. The molecule has 45 heavy (non-hydrogen) atoms. The molecule has 1 aromatic heterocycles. The van der Waals surface area contributed by atoms with Crippen LogP contribution in [-0.4, -0.2) is 67.5 Å². The summed E-state index contributed by atoms with van der Waals surface area (Å²) in [6.45, 7) is 7.81. The Morgan fingerprint density at radius 2 is 1.71 bits per heavy atom. The van der Waals surface area contributed by atoms with Gasteiger partial charge in [0.05, 0.1) is 38.7 Å². The molecule has 1 aliphatic heterocycles. The Labute approximate surface area is 270 Å². The van der Waals surface area contributed by atoms with Crippen molar-refractivity contribution in [1.82, 2.24) is 4.90 Å². The molecule has 0 fully saturated rings. The van der Waals surface area contributed by atoms with E-state index in [9.17, 15) is 19.2 Å². The highest BCUT2D eigenvalue weighted by atomic mass is 32.2. The second-order valence-corrected chi connectivity index (χ2v) is 13.7. The number of methoxy groups -OCH3 is 3. The van der Waals surface area contributed by atoms with E-state index in [1.165, 1.54) is 44.4 Å². The van der Waals surface area contributed by atoms with Crippen molar-refractivity contribution < 1.29 is 38.1 Å². The predicted molar refractivity (Wildman–Crippen MR) is 174 cm³/mol. The lowest BCUT2D eigenvalue weighted by Crippen LogP contribution is -2.39. The van der Waals surface area contributed by atoms with Crippen molar-refractivity contribution in [1.29, 1.82) is 0 Å².